The van der Waals surface area contributed by atoms with Gasteiger partial charge in [0.1, 0.15) is 29.0 Å². The van der Waals surface area contributed by atoms with E-state index in [1.54, 1.807) is 0 Å². The zero-order valence-electron chi connectivity index (χ0n) is 18.1. The van der Waals surface area contributed by atoms with Crippen LogP contribution in [0.2, 0.25) is 0 Å². The maximum Gasteiger partial charge on any atom is 0.260 e. The number of hydrogen-bond donors (Lipinski definition) is 1. The van der Waals surface area contributed by atoms with Crippen LogP contribution in [-0.2, 0) is 13.1 Å². The molecule has 0 saturated heterocycles. The Morgan fingerprint density at radius 2 is 1.94 bits per heavy atom. The first-order valence-electron chi connectivity index (χ1n) is 11.0. The first-order valence-corrected chi connectivity index (χ1v) is 11.0. The SMILES string of the molecule is CC(C)n1c2c(c3c(N)ncnc31)-c1noc(C3CC3)c1C(=O)N(Cc1ccccc1)C2. The average molecular weight is 428 g/mol. The topological polar surface area (TPSA) is 103 Å². The van der Waals surface area contributed by atoms with E-state index in [0.717, 1.165) is 40.7 Å². The molecule has 0 spiro atoms. The van der Waals surface area contributed by atoms with Crippen molar-refractivity contribution in [3.63, 3.8) is 0 Å². The molecule has 1 aliphatic carbocycles. The van der Waals surface area contributed by atoms with Gasteiger partial charge in [-0.15, -0.1) is 0 Å². The molecular formula is C24H24N6O2. The van der Waals surface area contributed by atoms with Gasteiger partial charge in [-0.1, -0.05) is 35.5 Å². The van der Waals surface area contributed by atoms with Gasteiger partial charge in [-0.2, -0.15) is 0 Å². The number of nitrogen functional groups attached to an aromatic ring is 1. The molecule has 32 heavy (non-hydrogen) atoms. The van der Waals surface area contributed by atoms with Crippen molar-refractivity contribution in [2.24, 2.45) is 0 Å². The number of hydrogen-bond acceptors (Lipinski definition) is 6. The Hall–Kier alpha value is -3.68. The van der Waals surface area contributed by atoms with Gasteiger partial charge in [-0.05, 0) is 32.3 Å². The smallest absolute Gasteiger partial charge is 0.260 e. The number of carbonyl (C=O) groups is 1. The minimum absolute atomic E-state index is 0.0536. The van der Waals surface area contributed by atoms with E-state index in [1.165, 1.54) is 6.33 Å². The Labute approximate surface area is 185 Å². The van der Waals surface area contributed by atoms with Crippen LogP contribution in [0.25, 0.3) is 22.3 Å². The lowest BCUT2D eigenvalue weighted by molar-refractivity contribution is 0.0727. The van der Waals surface area contributed by atoms with Gasteiger partial charge in [0, 0.05) is 29.8 Å². The summed E-state index contributed by atoms with van der Waals surface area (Å²) in [6.45, 7) is 5.13. The quantitative estimate of drug-likeness (QED) is 0.520. The third-order valence-corrected chi connectivity index (χ3v) is 6.39. The highest BCUT2D eigenvalue weighted by molar-refractivity contribution is 6.09. The van der Waals surface area contributed by atoms with Gasteiger partial charge in [0.15, 0.2) is 5.76 Å². The van der Waals surface area contributed by atoms with E-state index in [9.17, 15) is 4.79 Å². The molecule has 8 nitrogen and oxygen atoms in total. The summed E-state index contributed by atoms with van der Waals surface area (Å²) in [5.41, 5.74) is 11.1. The third-order valence-electron chi connectivity index (χ3n) is 6.39. The molecule has 1 fully saturated rings. The highest BCUT2D eigenvalue weighted by Gasteiger charge is 2.41. The predicted octanol–water partition coefficient (Wildman–Crippen LogP) is 4.28. The molecule has 162 valence electrons. The van der Waals surface area contributed by atoms with Crippen LogP contribution in [0.3, 0.4) is 0 Å². The summed E-state index contributed by atoms with van der Waals surface area (Å²) >= 11 is 0. The largest absolute Gasteiger partial charge is 0.383 e. The number of aromatic nitrogens is 4. The van der Waals surface area contributed by atoms with Crippen LogP contribution in [0.15, 0.2) is 41.2 Å². The average Bonchev–Trinajstić information content (AvgIpc) is 3.46. The van der Waals surface area contributed by atoms with E-state index >= 15 is 0 Å². The van der Waals surface area contributed by atoms with Crippen molar-refractivity contribution in [3.05, 3.63) is 59.2 Å². The maximum atomic E-state index is 13.9. The molecule has 1 saturated carbocycles. The zero-order valence-corrected chi connectivity index (χ0v) is 18.1. The molecule has 2 N–H and O–H groups in total. The fourth-order valence-corrected chi connectivity index (χ4v) is 4.82. The van der Waals surface area contributed by atoms with Crippen LogP contribution in [0.1, 0.15) is 66.0 Å². The minimum Gasteiger partial charge on any atom is -0.383 e. The van der Waals surface area contributed by atoms with E-state index in [4.69, 9.17) is 10.3 Å². The number of nitrogens with zero attached hydrogens (tertiary/aromatic N) is 5. The van der Waals surface area contributed by atoms with Crippen molar-refractivity contribution < 1.29 is 9.32 Å². The van der Waals surface area contributed by atoms with E-state index < -0.39 is 0 Å². The summed E-state index contributed by atoms with van der Waals surface area (Å²) in [6.07, 6.45) is 3.51. The van der Waals surface area contributed by atoms with Crippen LogP contribution >= 0.6 is 0 Å². The lowest BCUT2D eigenvalue weighted by atomic mass is 10.0. The second-order valence-corrected chi connectivity index (χ2v) is 8.93. The van der Waals surface area contributed by atoms with E-state index in [0.29, 0.717) is 35.9 Å². The number of carbonyl (C=O) groups excluding carboxylic acids is 1. The van der Waals surface area contributed by atoms with Gasteiger partial charge in [0.25, 0.3) is 5.91 Å². The fourth-order valence-electron chi connectivity index (χ4n) is 4.82. The van der Waals surface area contributed by atoms with Crippen LogP contribution in [-0.4, -0.2) is 30.5 Å². The molecule has 6 rings (SSSR count). The number of anilines is 1. The van der Waals surface area contributed by atoms with Crippen molar-refractivity contribution in [1.29, 1.82) is 0 Å². The van der Waals surface area contributed by atoms with E-state index in [-0.39, 0.29) is 17.9 Å². The second-order valence-electron chi connectivity index (χ2n) is 8.93. The summed E-state index contributed by atoms with van der Waals surface area (Å²) in [6, 6.07) is 10.2. The molecule has 0 radical (unpaired) electrons. The number of fused-ring (bicyclic) bond motifs is 5. The summed E-state index contributed by atoms with van der Waals surface area (Å²) in [5, 5.41) is 5.17. The maximum absolute atomic E-state index is 13.9. The lowest BCUT2D eigenvalue weighted by Gasteiger charge is -2.23. The highest BCUT2D eigenvalue weighted by Crippen LogP contribution is 2.48. The molecule has 8 heteroatoms. The van der Waals surface area contributed by atoms with Crippen molar-refractivity contribution in [2.45, 2.75) is 51.7 Å². The third kappa shape index (κ3) is 2.75. The molecule has 1 amide bonds. The summed E-state index contributed by atoms with van der Waals surface area (Å²) in [7, 11) is 0. The molecule has 0 atom stereocenters. The standard InChI is InChI=1S/C24H24N6O2/c1-13(2)30-16-11-29(10-14-6-4-3-5-7-14)24(31)19-20(28-32-21(19)15-8-9-15)17(16)18-22(25)26-12-27-23(18)30/h3-7,12-13,15H,8-11H2,1-2H3,(H2,25,26,27). The Morgan fingerprint density at radius 3 is 2.66 bits per heavy atom. The molecular weight excluding hydrogens is 404 g/mol. The van der Waals surface area contributed by atoms with Gasteiger partial charge in [0.05, 0.1) is 11.9 Å². The first kappa shape index (κ1) is 19.0. The molecule has 0 bridgehead atoms. The number of amides is 1. The molecule has 1 aromatic carbocycles. The number of rotatable bonds is 4. The van der Waals surface area contributed by atoms with Crippen LogP contribution in [0.5, 0.6) is 0 Å². The Bertz CT molecular complexity index is 1350. The lowest BCUT2D eigenvalue weighted by Crippen LogP contribution is -2.30. The van der Waals surface area contributed by atoms with Gasteiger partial charge in [-0.25, -0.2) is 9.97 Å². The zero-order chi connectivity index (χ0) is 22.0. The van der Waals surface area contributed by atoms with Crippen LogP contribution in [0, 0.1) is 0 Å². The predicted molar refractivity (Wildman–Crippen MR) is 120 cm³/mol. The Balaban J connectivity index is 1.64. The van der Waals surface area contributed by atoms with E-state index in [1.807, 2.05) is 35.2 Å². The van der Waals surface area contributed by atoms with E-state index in [2.05, 4.69) is 33.5 Å². The summed E-state index contributed by atoms with van der Waals surface area (Å²) < 4.78 is 7.94. The molecule has 4 heterocycles. The highest BCUT2D eigenvalue weighted by atomic mass is 16.5. The molecule has 1 aliphatic heterocycles. The van der Waals surface area contributed by atoms with Gasteiger partial charge in [0.2, 0.25) is 0 Å². The molecule has 2 aliphatic rings. The van der Waals surface area contributed by atoms with Crippen molar-refractivity contribution in [2.75, 3.05) is 5.73 Å². The monoisotopic (exact) mass is 428 g/mol. The van der Waals surface area contributed by atoms with Crippen molar-refractivity contribution in [3.8, 4) is 11.3 Å². The summed E-state index contributed by atoms with van der Waals surface area (Å²) in [5.74, 6) is 1.28. The molecule has 4 aromatic rings. The Kier molecular flexibility index (Phi) is 4.11. The molecule has 3 aromatic heterocycles. The van der Waals surface area contributed by atoms with Crippen LogP contribution < -0.4 is 5.73 Å². The minimum atomic E-state index is -0.0536. The molecule has 0 unspecified atom stereocenters. The second kappa shape index (κ2) is 6.91. The van der Waals surface area contributed by atoms with Gasteiger partial charge in [-0.3, -0.25) is 4.79 Å². The summed E-state index contributed by atoms with van der Waals surface area (Å²) in [4.78, 5) is 24.6. The van der Waals surface area contributed by atoms with Crippen molar-refractivity contribution >= 4 is 22.8 Å². The first-order chi connectivity index (χ1) is 15.5. The number of benzene rings is 1. The van der Waals surface area contributed by atoms with Crippen LogP contribution in [0.4, 0.5) is 5.82 Å². The Morgan fingerprint density at radius 1 is 1.16 bits per heavy atom. The van der Waals surface area contributed by atoms with Crippen molar-refractivity contribution in [1.82, 2.24) is 24.6 Å². The fraction of sp³-hybridized carbons (Fsp3) is 0.333. The normalized spacial score (nSPS) is 15.8. The van der Waals surface area contributed by atoms with Gasteiger partial charge < -0.3 is 19.7 Å². The van der Waals surface area contributed by atoms with Gasteiger partial charge >= 0.3 is 0 Å². The number of nitrogens with two attached hydrogens (primary N) is 1.